The molecule has 2 aliphatic rings. The Morgan fingerprint density at radius 1 is 1.25 bits per heavy atom. The highest BCUT2D eigenvalue weighted by Gasteiger charge is 2.50. The summed E-state index contributed by atoms with van der Waals surface area (Å²) in [5, 5.41) is 9.28. The van der Waals surface area contributed by atoms with Gasteiger partial charge in [0.2, 0.25) is 5.91 Å². The summed E-state index contributed by atoms with van der Waals surface area (Å²) in [6, 6.07) is 3.33. The molecule has 0 bridgehead atoms. The van der Waals surface area contributed by atoms with E-state index in [-0.39, 0.29) is 23.9 Å². The Balaban J connectivity index is 1.90. The average molecular weight is 337 g/mol. The highest BCUT2D eigenvalue weighted by Crippen LogP contribution is 2.46. The second kappa shape index (κ2) is 6.15. The van der Waals surface area contributed by atoms with Crippen molar-refractivity contribution in [1.82, 2.24) is 4.90 Å². The molecule has 1 N–H and O–H groups in total. The van der Waals surface area contributed by atoms with Crippen LogP contribution >= 0.6 is 0 Å². The Morgan fingerprint density at radius 2 is 1.96 bits per heavy atom. The molecule has 0 aromatic heterocycles. The lowest BCUT2D eigenvalue weighted by atomic mass is 9.63. The van der Waals surface area contributed by atoms with Crippen LogP contribution in [0.1, 0.15) is 38.2 Å². The van der Waals surface area contributed by atoms with Crippen LogP contribution in [-0.4, -0.2) is 35.0 Å². The molecule has 1 amide bonds. The number of aliphatic carboxylic acids is 1. The molecular formula is C18H21F2NO3. The summed E-state index contributed by atoms with van der Waals surface area (Å²) < 4.78 is 27.5. The van der Waals surface area contributed by atoms with Crippen molar-refractivity contribution >= 4 is 11.9 Å². The highest BCUT2D eigenvalue weighted by molar-refractivity contribution is 5.90. The Bertz CT molecular complexity index is 672. The van der Waals surface area contributed by atoms with Crippen LogP contribution in [-0.2, 0) is 15.0 Å². The maximum atomic E-state index is 14.3. The van der Waals surface area contributed by atoms with E-state index in [4.69, 9.17) is 0 Å². The molecule has 1 aliphatic heterocycles. The summed E-state index contributed by atoms with van der Waals surface area (Å²) in [4.78, 5) is 26.0. The fraction of sp³-hybridized carbons (Fsp3) is 0.556. The van der Waals surface area contributed by atoms with Crippen molar-refractivity contribution in [1.29, 1.82) is 0 Å². The number of hydrogen-bond acceptors (Lipinski definition) is 2. The number of hydrogen-bond donors (Lipinski definition) is 1. The molecule has 4 nitrogen and oxygen atoms in total. The van der Waals surface area contributed by atoms with Gasteiger partial charge in [-0.2, -0.15) is 0 Å². The SMILES string of the molecule is CC1CC(C(=O)O)CN(C(=O)C2(c3ccc(F)cc3F)CCC2)C1. The molecular weight excluding hydrogens is 316 g/mol. The predicted molar refractivity (Wildman–Crippen MR) is 83.4 cm³/mol. The van der Waals surface area contributed by atoms with Crippen molar-refractivity contribution in [2.24, 2.45) is 11.8 Å². The maximum Gasteiger partial charge on any atom is 0.308 e. The van der Waals surface area contributed by atoms with E-state index in [0.29, 0.717) is 25.8 Å². The zero-order chi connectivity index (χ0) is 17.5. The molecule has 2 atom stereocenters. The van der Waals surface area contributed by atoms with Gasteiger partial charge < -0.3 is 10.0 Å². The van der Waals surface area contributed by atoms with Gasteiger partial charge in [-0.3, -0.25) is 9.59 Å². The summed E-state index contributed by atoms with van der Waals surface area (Å²) in [6.07, 6.45) is 2.36. The Kier molecular flexibility index (Phi) is 4.32. The number of rotatable bonds is 3. The monoisotopic (exact) mass is 337 g/mol. The van der Waals surface area contributed by atoms with Crippen LogP contribution in [0.2, 0.25) is 0 Å². The summed E-state index contributed by atoms with van der Waals surface area (Å²) in [6.45, 7) is 2.55. The van der Waals surface area contributed by atoms with Crippen molar-refractivity contribution in [2.45, 2.75) is 38.0 Å². The maximum absolute atomic E-state index is 14.3. The van der Waals surface area contributed by atoms with Gasteiger partial charge in [-0.15, -0.1) is 0 Å². The van der Waals surface area contributed by atoms with Gasteiger partial charge >= 0.3 is 5.97 Å². The molecule has 2 fully saturated rings. The van der Waals surface area contributed by atoms with Gasteiger partial charge in [-0.05, 0) is 31.2 Å². The molecule has 130 valence electrons. The van der Waals surface area contributed by atoms with Gasteiger partial charge in [-0.1, -0.05) is 19.4 Å². The Morgan fingerprint density at radius 3 is 2.50 bits per heavy atom. The molecule has 2 unspecified atom stereocenters. The van der Waals surface area contributed by atoms with E-state index in [1.807, 2.05) is 6.92 Å². The number of benzene rings is 1. The van der Waals surface area contributed by atoms with E-state index in [0.717, 1.165) is 12.5 Å². The van der Waals surface area contributed by atoms with E-state index in [9.17, 15) is 23.5 Å². The zero-order valence-corrected chi connectivity index (χ0v) is 13.6. The summed E-state index contributed by atoms with van der Waals surface area (Å²) in [5.74, 6) is -3.02. The molecule has 3 rings (SSSR count). The number of amides is 1. The fourth-order valence-electron chi connectivity index (χ4n) is 4.01. The minimum atomic E-state index is -0.974. The molecule has 1 saturated heterocycles. The largest absolute Gasteiger partial charge is 0.481 e. The molecule has 0 radical (unpaired) electrons. The lowest BCUT2D eigenvalue weighted by molar-refractivity contribution is -0.150. The Hall–Kier alpha value is -1.98. The standard InChI is InChI=1S/C18H21F2NO3/c1-11-7-12(16(22)23)10-21(9-11)17(24)18(5-2-6-18)14-4-3-13(19)8-15(14)20/h3-4,8,11-12H,2,5-7,9-10H2,1H3,(H,22,23). The minimum Gasteiger partial charge on any atom is -0.481 e. The van der Waals surface area contributed by atoms with Gasteiger partial charge in [0.1, 0.15) is 11.6 Å². The number of halogens is 2. The molecule has 0 spiro atoms. The molecule has 1 saturated carbocycles. The number of carbonyl (C=O) groups is 2. The first kappa shape index (κ1) is 16.9. The number of carboxylic acid groups (broad SMARTS) is 1. The van der Waals surface area contributed by atoms with E-state index < -0.39 is 28.9 Å². The third kappa shape index (κ3) is 2.78. The van der Waals surface area contributed by atoms with Crippen LogP contribution in [0, 0.1) is 23.5 Å². The van der Waals surface area contributed by atoms with Crippen LogP contribution in [0.25, 0.3) is 0 Å². The number of piperidine rings is 1. The number of carbonyl (C=O) groups excluding carboxylic acids is 1. The van der Waals surface area contributed by atoms with Crippen LogP contribution < -0.4 is 0 Å². The molecule has 1 aromatic rings. The summed E-state index contributed by atoms with van der Waals surface area (Å²) >= 11 is 0. The normalized spacial score (nSPS) is 25.9. The van der Waals surface area contributed by atoms with Crippen LogP contribution in [0.15, 0.2) is 18.2 Å². The van der Waals surface area contributed by atoms with Crippen molar-refractivity contribution in [3.8, 4) is 0 Å². The van der Waals surface area contributed by atoms with Gasteiger partial charge in [0.05, 0.1) is 11.3 Å². The molecule has 1 aliphatic carbocycles. The molecule has 6 heteroatoms. The highest BCUT2D eigenvalue weighted by atomic mass is 19.1. The van der Waals surface area contributed by atoms with Crippen LogP contribution in [0.4, 0.5) is 8.78 Å². The van der Waals surface area contributed by atoms with E-state index in [1.165, 1.54) is 12.1 Å². The lowest BCUT2D eigenvalue weighted by Crippen LogP contribution is -2.55. The van der Waals surface area contributed by atoms with Crippen molar-refractivity contribution in [3.63, 3.8) is 0 Å². The number of nitrogens with zero attached hydrogens (tertiary/aromatic N) is 1. The van der Waals surface area contributed by atoms with Crippen molar-refractivity contribution in [2.75, 3.05) is 13.1 Å². The third-order valence-corrected chi connectivity index (χ3v) is 5.36. The zero-order valence-electron chi connectivity index (χ0n) is 13.6. The first-order valence-corrected chi connectivity index (χ1v) is 8.31. The second-order valence-corrected chi connectivity index (χ2v) is 7.15. The smallest absolute Gasteiger partial charge is 0.308 e. The molecule has 24 heavy (non-hydrogen) atoms. The average Bonchev–Trinajstić information content (AvgIpc) is 2.47. The van der Waals surface area contributed by atoms with Gasteiger partial charge in [0.15, 0.2) is 0 Å². The van der Waals surface area contributed by atoms with Crippen molar-refractivity contribution in [3.05, 3.63) is 35.4 Å². The summed E-state index contributed by atoms with van der Waals surface area (Å²) in [5.41, 5.74) is -0.747. The second-order valence-electron chi connectivity index (χ2n) is 7.15. The fourth-order valence-corrected chi connectivity index (χ4v) is 4.01. The van der Waals surface area contributed by atoms with E-state index >= 15 is 0 Å². The van der Waals surface area contributed by atoms with Gasteiger partial charge in [0.25, 0.3) is 0 Å². The van der Waals surface area contributed by atoms with Crippen molar-refractivity contribution < 1.29 is 23.5 Å². The number of carboxylic acids is 1. The van der Waals surface area contributed by atoms with E-state index in [1.54, 1.807) is 4.90 Å². The van der Waals surface area contributed by atoms with E-state index in [2.05, 4.69) is 0 Å². The topological polar surface area (TPSA) is 57.6 Å². The first-order chi connectivity index (χ1) is 11.3. The van der Waals surface area contributed by atoms with Gasteiger partial charge in [0, 0.05) is 24.7 Å². The molecule has 1 heterocycles. The Labute approximate surface area is 139 Å². The summed E-state index contributed by atoms with van der Waals surface area (Å²) in [7, 11) is 0. The first-order valence-electron chi connectivity index (χ1n) is 8.31. The van der Waals surface area contributed by atoms with Gasteiger partial charge in [-0.25, -0.2) is 8.78 Å². The minimum absolute atomic E-state index is 0.0824. The lowest BCUT2D eigenvalue weighted by Gasteiger charge is -2.46. The van der Waals surface area contributed by atoms with Crippen LogP contribution in [0.3, 0.4) is 0 Å². The molecule has 1 aromatic carbocycles. The number of likely N-dealkylation sites (tertiary alicyclic amines) is 1. The van der Waals surface area contributed by atoms with Crippen LogP contribution in [0.5, 0.6) is 0 Å². The quantitative estimate of drug-likeness (QED) is 0.922. The predicted octanol–water partition coefficient (Wildman–Crippen LogP) is 2.96. The third-order valence-electron chi connectivity index (χ3n) is 5.36.